The molecule has 0 amide bonds. The van der Waals surface area contributed by atoms with Gasteiger partial charge in [0.05, 0.1) is 24.1 Å². The van der Waals surface area contributed by atoms with Crippen molar-refractivity contribution in [3.05, 3.63) is 29.1 Å². The minimum Gasteiger partial charge on any atom is -0.245 e. The summed E-state index contributed by atoms with van der Waals surface area (Å²) < 4.78 is 0. The molecule has 60 valence electrons. The van der Waals surface area contributed by atoms with E-state index >= 15 is 0 Å². The van der Waals surface area contributed by atoms with Crippen molar-refractivity contribution in [3.8, 4) is 18.2 Å². The van der Waals surface area contributed by atoms with Crippen LogP contribution in [0.25, 0.3) is 0 Å². The van der Waals surface area contributed by atoms with Crippen LogP contribution in [-0.2, 0) is 6.42 Å². The van der Waals surface area contributed by atoms with E-state index in [1.807, 2.05) is 18.2 Å². The molecule has 0 saturated carbocycles. The highest BCUT2D eigenvalue weighted by Crippen LogP contribution is 2.08. The highest BCUT2D eigenvalue weighted by Gasteiger charge is 2.03. The van der Waals surface area contributed by atoms with Crippen molar-refractivity contribution < 1.29 is 0 Å². The number of nitriles is 3. The number of hydrogen-bond donors (Lipinski definition) is 0. The van der Waals surface area contributed by atoms with Gasteiger partial charge in [-0.3, -0.25) is 0 Å². The number of rotatable bonds is 1. The zero-order valence-corrected chi connectivity index (χ0v) is 6.65. The van der Waals surface area contributed by atoms with Gasteiger partial charge in [-0.1, -0.05) is 0 Å². The van der Waals surface area contributed by atoms with E-state index in [2.05, 4.69) is 4.98 Å². The minimum atomic E-state index is 0.140. The predicted molar refractivity (Wildman–Crippen MR) is 43.0 cm³/mol. The second-order valence-electron chi connectivity index (χ2n) is 2.29. The Balaban J connectivity index is 3.21. The molecule has 0 fully saturated rings. The Bertz CT molecular complexity index is 442. The van der Waals surface area contributed by atoms with Crippen LogP contribution in [-0.4, -0.2) is 4.98 Å². The summed E-state index contributed by atoms with van der Waals surface area (Å²) in [6.07, 6.45) is 1.53. The summed E-state index contributed by atoms with van der Waals surface area (Å²) in [6.45, 7) is 0. The Morgan fingerprint density at radius 3 is 2.54 bits per heavy atom. The molecule has 0 unspecified atom stereocenters. The number of pyridine rings is 1. The molecule has 1 rings (SSSR count). The maximum Gasteiger partial charge on any atom is 0.141 e. The van der Waals surface area contributed by atoms with Crippen LogP contribution in [0.2, 0.25) is 0 Å². The molecular formula is C9H4N4. The van der Waals surface area contributed by atoms with Gasteiger partial charge in [0.25, 0.3) is 0 Å². The monoisotopic (exact) mass is 168 g/mol. The maximum absolute atomic E-state index is 8.67. The highest BCUT2D eigenvalue weighted by atomic mass is 14.7. The van der Waals surface area contributed by atoms with E-state index in [-0.39, 0.29) is 12.1 Å². The van der Waals surface area contributed by atoms with Crippen LogP contribution in [0.1, 0.15) is 16.8 Å². The third-order valence-corrected chi connectivity index (χ3v) is 1.49. The van der Waals surface area contributed by atoms with Gasteiger partial charge in [-0.2, -0.15) is 15.8 Å². The Kier molecular flexibility index (Phi) is 2.58. The van der Waals surface area contributed by atoms with Gasteiger partial charge in [0.15, 0.2) is 0 Å². The molecule has 0 saturated heterocycles. The lowest BCUT2D eigenvalue weighted by Gasteiger charge is -1.96. The van der Waals surface area contributed by atoms with Crippen molar-refractivity contribution >= 4 is 0 Å². The molecule has 0 bridgehead atoms. The SMILES string of the molecule is N#CCc1cnc(C#N)cc1C#N. The van der Waals surface area contributed by atoms with Crippen LogP contribution < -0.4 is 0 Å². The molecule has 0 radical (unpaired) electrons. The van der Waals surface area contributed by atoms with E-state index in [9.17, 15) is 0 Å². The molecule has 4 nitrogen and oxygen atoms in total. The Hall–Kier alpha value is -2.38. The van der Waals surface area contributed by atoms with Gasteiger partial charge < -0.3 is 0 Å². The van der Waals surface area contributed by atoms with Crippen molar-refractivity contribution in [2.45, 2.75) is 6.42 Å². The zero-order valence-electron chi connectivity index (χ0n) is 6.65. The first-order chi connectivity index (χ1) is 6.31. The summed E-state index contributed by atoms with van der Waals surface area (Å²) in [7, 11) is 0. The van der Waals surface area contributed by atoms with Crippen LogP contribution in [0.4, 0.5) is 0 Å². The van der Waals surface area contributed by atoms with E-state index < -0.39 is 0 Å². The van der Waals surface area contributed by atoms with E-state index in [0.29, 0.717) is 11.1 Å². The largest absolute Gasteiger partial charge is 0.245 e. The molecule has 1 aromatic heterocycles. The van der Waals surface area contributed by atoms with E-state index in [0.717, 1.165) is 0 Å². The Labute approximate surface area is 75.3 Å². The molecule has 0 aromatic carbocycles. The predicted octanol–water partition coefficient (Wildman–Crippen LogP) is 0.891. The summed E-state index contributed by atoms with van der Waals surface area (Å²) in [5.74, 6) is 0. The average molecular weight is 168 g/mol. The maximum atomic E-state index is 8.67. The standard InChI is InChI=1S/C9H4N4/c10-2-1-7-6-13-9(5-12)3-8(7)4-11/h3,6H,1H2. The molecular weight excluding hydrogens is 164 g/mol. The van der Waals surface area contributed by atoms with Gasteiger partial charge in [-0.05, 0) is 6.07 Å². The van der Waals surface area contributed by atoms with Gasteiger partial charge in [0.1, 0.15) is 11.8 Å². The van der Waals surface area contributed by atoms with E-state index in [1.165, 1.54) is 12.3 Å². The fourth-order valence-electron chi connectivity index (χ4n) is 0.875. The van der Waals surface area contributed by atoms with Crippen molar-refractivity contribution in [2.24, 2.45) is 0 Å². The average Bonchev–Trinajstić information content (AvgIpc) is 2.19. The van der Waals surface area contributed by atoms with Crippen LogP contribution in [0, 0.1) is 34.0 Å². The molecule has 1 heterocycles. The molecule has 1 aromatic rings. The van der Waals surface area contributed by atoms with Crippen LogP contribution in [0.5, 0.6) is 0 Å². The van der Waals surface area contributed by atoms with Gasteiger partial charge in [-0.25, -0.2) is 4.98 Å². The summed E-state index contributed by atoms with van der Waals surface area (Å²) in [6, 6.07) is 7.04. The van der Waals surface area contributed by atoms with E-state index in [4.69, 9.17) is 15.8 Å². The molecule has 0 aliphatic heterocycles. The topological polar surface area (TPSA) is 84.3 Å². The number of nitrogens with zero attached hydrogens (tertiary/aromatic N) is 4. The zero-order chi connectivity index (χ0) is 9.68. The third-order valence-electron chi connectivity index (χ3n) is 1.49. The molecule has 0 atom stereocenters. The molecule has 0 spiro atoms. The lowest BCUT2D eigenvalue weighted by Crippen LogP contribution is -1.92. The van der Waals surface area contributed by atoms with Crippen molar-refractivity contribution in [2.75, 3.05) is 0 Å². The third kappa shape index (κ3) is 1.80. The van der Waals surface area contributed by atoms with Crippen LogP contribution in [0.15, 0.2) is 12.3 Å². The summed E-state index contributed by atoms with van der Waals surface area (Å²) in [5, 5.41) is 25.6. The quantitative estimate of drug-likeness (QED) is 0.623. The summed E-state index contributed by atoms with van der Waals surface area (Å²) >= 11 is 0. The van der Waals surface area contributed by atoms with Gasteiger partial charge >= 0.3 is 0 Å². The first kappa shape index (κ1) is 8.71. The van der Waals surface area contributed by atoms with Crippen molar-refractivity contribution in [1.29, 1.82) is 15.8 Å². The lowest BCUT2D eigenvalue weighted by atomic mass is 10.1. The first-order valence-corrected chi connectivity index (χ1v) is 3.48. The Morgan fingerprint density at radius 1 is 1.23 bits per heavy atom. The minimum absolute atomic E-state index is 0.140. The normalized spacial score (nSPS) is 8.08. The Morgan fingerprint density at radius 2 is 2.00 bits per heavy atom. The number of aromatic nitrogens is 1. The van der Waals surface area contributed by atoms with Crippen LogP contribution >= 0.6 is 0 Å². The molecule has 4 heteroatoms. The molecule has 0 aliphatic rings. The lowest BCUT2D eigenvalue weighted by molar-refractivity contribution is 1.15. The smallest absolute Gasteiger partial charge is 0.141 e. The highest BCUT2D eigenvalue weighted by molar-refractivity contribution is 5.41. The van der Waals surface area contributed by atoms with E-state index in [1.54, 1.807) is 0 Å². The fraction of sp³-hybridized carbons (Fsp3) is 0.111. The molecule has 0 aliphatic carbocycles. The van der Waals surface area contributed by atoms with Gasteiger partial charge in [-0.15, -0.1) is 0 Å². The second-order valence-corrected chi connectivity index (χ2v) is 2.29. The van der Waals surface area contributed by atoms with Crippen molar-refractivity contribution in [1.82, 2.24) is 4.98 Å². The summed E-state index contributed by atoms with van der Waals surface area (Å²) in [5.41, 5.74) is 1.09. The summed E-state index contributed by atoms with van der Waals surface area (Å²) in [4.78, 5) is 3.76. The molecule has 0 N–H and O–H groups in total. The first-order valence-electron chi connectivity index (χ1n) is 3.48. The fourth-order valence-corrected chi connectivity index (χ4v) is 0.875. The van der Waals surface area contributed by atoms with Gasteiger partial charge in [0, 0.05) is 11.8 Å². The van der Waals surface area contributed by atoms with Gasteiger partial charge in [0.2, 0.25) is 0 Å². The van der Waals surface area contributed by atoms with Crippen LogP contribution in [0.3, 0.4) is 0 Å². The second kappa shape index (κ2) is 3.85. The molecule has 13 heavy (non-hydrogen) atoms. The number of hydrogen-bond acceptors (Lipinski definition) is 4. The van der Waals surface area contributed by atoms with Crippen molar-refractivity contribution in [3.63, 3.8) is 0 Å².